The van der Waals surface area contributed by atoms with Crippen LogP contribution in [0.3, 0.4) is 0 Å². The molecule has 2 aromatic heterocycles. The third-order valence-electron chi connectivity index (χ3n) is 3.51. The highest BCUT2D eigenvalue weighted by atomic mass is 19.1. The van der Waals surface area contributed by atoms with E-state index in [-0.39, 0.29) is 29.2 Å². The maximum atomic E-state index is 13.8. The van der Waals surface area contributed by atoms with Crippen molar-refractivity contribution in [2.45, 2.75) is 19.9 Å². The van der Waals surface area contributed by atoms with E-state index in [0.29, 0.717) is 5.52 Å². The molecule has 0 atom stereocenters. The minimum absolute atomic E-state index is 0.0535. The number of rotatable bonds is 4. The summed E-state index contributed by atoms with van der Waals surface area (Å²) in [5.41, 5.74) is 0.570. The largest absolute Gasteiger partial charge is 0.347 e. The number of fused-ring (bicyclic) bond motifs is 1. The van der Waals surface area contributed by atoms with Gasteiger partial charge in [-0.1, -0.05) is 18.2 Å². The maximum Gasteiger partial charge on any atom is 0.287 e. The lowest BCUT2D eigenvalue weighted by Gasteiger charge is -2.06. The molecule has 2 N–H and O–H groups in total. The zero-order valence-electron chi connectivity index (χ0n) is 13.8. The summed E-state index contributed by atoms with van der Waals surface area (Å²) in [6.07, 6.45) is 1.65. The second-order valence-corrected chi connectivity index (χ2v) is 5.80. The molecule has 0 aliphatic carbocycles. The fourth-order valence-corrected chi connectivity index (χ4v) is 2.44. The molecule has 3 rings (SSSR count). The van der Waals surface area contributed by atoms with Gasteiger partial charge in [-0.2, -0.15) is 0 Å². The molecule has 7 heteroatoms. The number of imidazole rings is 1. The SMILES string of the molecule is CC(C)NC(=O)c1nc(C(=O)Nc2ccccc2F)c2ccccn12. The Morgan fingerprint density at radius 2 is 1.80 bits per heavy atom. The summed E-state index contributed by atoms with van der Waals surface area (Å²) < 4.78 is 15.3. The Bertz CT molecular complexity index is 949. The molecule has 0 spiro atoms. The van der Waals surface area contributed by atoms with Gasteiger partial charge in [0, 0.05) is 12.2 Å². The highest BCUT2D eigenvalue weighted by Gasteiger charge is 2.22. The minimum Gasteiger partial charge on any atom is -0.347 e. The van der Waals surface area contributed by atoms with Gasteiger partial charge in [-0.25, -0.2) is 9.37 Å². The molecule has 0 radical (unpaired) electrons. The van der Waals surface area contributed by atoms with Gasteiger partial charge >= 0.3 is 0 Å². The number of nitrogens with one attached hydrogen (secondary N) is 2. The van der Waals surface area contributed by atoms with Gasteiger partial charge in [0.15, 0.2) is 5.69 Å². The molecule has 0 aliphatic heterocycles. The molecule has 3 aromatic rings. The number of hydrogen-bond donors (Lipinski definition) is 2. The van der Waals surface area contributed by atoms with Gasteiger partial charge in [0.1, 0.15) is 5.82 Å². The van der Waals surface area contributed by atoms with Crippen LogP contribution in [0.1, 0.15) is 35.0 Å². The number of hydrogen-bond acceptors (Lipinski definition) is 3. The van der Waals surface area contributed by atoms with Crippen molar-refractivity contribution in [2.24, 2.45) is 0 Å². The minimum atomic E-state index is -0.586. The number of pyridine rings is 1. The monoisotopic (exact) mass is 340 g/mol. The zero-order valence-corrected chi connectivity index (χ0v) is 13.8. The Morgan fingerprint density at radius 3 is 2.52 bits per heavy atom. The summed E-state index contributed by atoms with van der Waals surface area (Å²) in [5.74, 6) is -1.42. The highest BCUT2D eigenvalue weighted by molar-refractivity contribution is 6.09. The lowest BCUT2D eigenvalue weighted by Crippen LogP contribution is -2.31. The zero-order chi connectivity index (χ0) is 18.0. The first-order chi connectivity index (χ1) is 12.0. The van der Waals surface area contributed by atoms with Crippen LogP contribution in [0.15, 0.2) is 48.7 Å². The average molecular weight is 340 g/mol. The number of para-hydroxylation sites is 1. The van der Waals surface area contributed by atoms with Crippen molar-refractivity contribution in [3.63, 3.8) is 0 Å². The molecule has 0 fully saturated rings. The van der Waals surface area contributed by atoms with Crippen molar-refractivity contribution in [3.05, 3.63) is 66.0 Å². The molecule has 6 nitrogen and oxygen atoms in total. The smallest absolute Gasteiger partial charge is 0.287 e. The average Bonchev–Trinajstić information content (AvgIpc) is 2.96. The van der Waals surface area contributed by atoms with Gasteiger partial charge in [-0.15, -0.1) is 0 Å². The van der Waals surface area contributed by atoms with Crippen molar-refractivity contribution in [3.8, 4) is 0 Å². The quantitative estimate of drug-likeness (QED) is 0.767. The predicted octanol–water partition coefficient (Wildman–Crippen LogP) is 2.86. The van der Waals surface area contributed by atoms with Crippen LogP contribution in [0, 0.1) is 5.82 Å². The number of halogens is 1. The van der Waals surface area contributed by atoms with Gasteiger partial charge in [0.25, 0.3) is 11.8 Å². The standard InChI is InChI=1S/C18H17FN4O2/c1-11(2)20-18(25)16-22-15(14-9-5-6-10-23(14)16)17(24)21-13-8-4-3-7-12(13)19/h3-11H,1-2H3,(H,20,25)(H,21,24). The van der Waals surface area contributed by atoms with Gasteiger partial charge in [0.2, 0.25) is 5.82 Å². The molecule has 1 aromatic carbocycles. The molecule has 0 bridgehead atoms. The molecule has 0 unspecified atom stereocenters. The Kier molecular flexibility index (Phi) is 4.47. The number of benzene rings is 1. The molecule has 2 heterocycles. The van der Waals surface area contributed by atoms with Gasteiger partial charge in [0.05, 0.1) is 11.2 Å². The molecule has 2 amide bonds. The number of carbonyl (C=O) groups excluding carboxylic acids is 2. The van der Waals surface area contributed by atoms with Crippen LogP contribution < -0.4 is 10.6 Å². The van der Waals surface area contributed by atoms with Crippen molar-refractivity contribution in [1.82, 2.24) is 14.7 Å². The predicted molar refractivity (Wildman–Crippen MR) is 92.1 cm³/mol. The first-order valence-electron chi connectivity index (χ1n) is 7.81. The van der Waals surface area contributed by atoms with Crippen molar-refractivity contribution in [2.75, 3.05) is 5.32 Å². The van der Waals surface area contributed by atoms with E-state index in [0.717, 1.165) is 0 Å². The third kappa shape index (κ3) is 3.35. The van der Waals surface area contributed by atoms with Crippen molar-refractivity contribution >= 4 is 23.0 Å². The first kappa shape index (κ1) is 16.6. The third-order valence-corrected chi connectivity index (χ3v) is 3.51. The fourth-order valence-electron chi connectivity index (χ4n) is 2.44. The molecule has 0 aliphatic rings. The van der Waals surface area contributed by atoms with E-state index in [1.807, 2.05) is 13.8 Å². The number of nitrogens with zero attached hydrogens (tertiary/aromatic N) is 2. The van der Waals surface area contributed by atoms with Gasteiger partial charge in [-0.05, 0) is 38.1 Å². The van der Waals surface area contributed by atoms with Crippen LogP contribution in [-0.4, -0.2) is 27.2 Å². The van der Waals surface area contributed by atoms with Crippen LogP contribution >= 0.6 is 0 Å². The van der Waals surface area contributed by atoms with E-state index in [2.05, 4.69) is 15.6 Å². The number of carbonyl (C=O) groups is 2. The normalized spacial score (nSPS) is 10.9. The maximum absolute atomic E-state index is 13.8. The molecular formula is C18H17FN4O2. The summed E-state index contributed by atoms with van der Waals surface area (Å²) in [6.45, 7) is 3.67. The van der Waals surface area contributed by atoms with Crippen LogP contribution in [-0.2, 0) is 0 Å². The summed E-state index contributed by atoms with van der Waals surface area (Å²) in [4.78, 5) is 29.1. The number of amides is 2. The van der Waals surface area contributed by atoms with Crippen LogP contribution in [0.4, 0.5) is 10.1 Å². The summed E-state index contributed by atoms with van der Waals surface area (Å²) in [6, 6.07) is 10.9. The Labute approximate surface area is 143 Å². The molecule has 128 valence electrons. The molecule has 0 saturated carbocycles. The summed E-state index contributed by atoms with van der Waals surface area (Å²) in [5, 5.41) is 5.24. The van der Waals surface area contributed by atoms with Crippen LogP contribution in [0.25, 0.3) is 5.52 Å². The lowest BCUT2D eigenvalue weighted by molar-refractivity contribution is 0.0932. The first-order valence-corrected chi connectivity index (χ1v) is 7.81. The van der Waals surface area contributed by atoms with Crippen LogP contribution in [0.2, 0.25) is 0 Å². The second-order valence-electron chi connectivity index (χ2n) is 5.80. The Hall–Kier alpha value is -3.22. The van der Waals surface area contributed by atoms with E-state index in [9.17, 15) is 14.0 Å². The fraction of sp³-hybridized carbons (Fsp3) is 0.167. The Morgan fingerprint density at radius 1 is 1.08 bits per heavy atom. The van der Waals surface area contributed by atoms with E-state index >= 15 is 0 Å². The molecule has 25 heavy (non-hydrogen) atoms. The van der Waals surface area contributed by atoms with Crippen molar-refractivity contribution < 1.29 is 14.0 Å². The van der Waals surface area contributed by atoms with Crippen molar-refractivity contribution in [1.29, 1.82) is 0 Å². The second kappa shape index (κ2) is 6.72. The van der Waals surface area contributed by atoms with Crippen LogP contribution in [0.5, 0.6) is 0 Å². The highest BCUT2D eigenvalue weighted by Crippen LogP contribution is 2.17. The van der Waals surface area contributed by atoms with E-state index in [4.69, 9.17) is 0 Å². The molecule has 0 saturated heterocycles. The van der Waals surface area contributed by atoms with E-state index < -0.39 is 11.7 Å². The van der Waals surface area contributed by atoms with E-state index in [1.54, 1.807) is 30.5 Å². The number of aromatic nitrogens is 2. The van der Waals surface area contributed by atoms with E-state index in [1.165, 1.54) is 22.6 Å². The topological polar surface area (TPSA) is 75.5 Å². The molecular weight excluding hydrogens is 323 g/mol. The summed E-state index contributed by atoms with van der Waals surface area (Å²) >= 11 is 0. The van der Waals surface area contributed by atoms with Gasteiger partial charge < -0.3 is 10.6 Å². The lowest BCUT2D eigenvalue weighted by atomic mass is 10.2. The number of anilines is 1. The van der Waals surface area contributed by atoms with Gasteiger partial charge in [-0.3, -0.25) is 14.0 Å². The summed E-state index contributed by atoms with van der Waals surface area (Å²) in [7, 11) is 0. The Balaban J connectivity index is 2.00.